The first-order valence-corrected chi connectivity index (χ1v) is 18.8. The fraction of sp³-hybridized carbons (Fsp3) is 0.973. The predicted octanol–water partition coefficient (Wildman–Crippen LogP) is 9.93. The molecular weight excluding hydrogens is 522 g/mol. The van der Waals surface area contributed by atoms with Gasteiger partial charge in [0.1, 0.15) is 6.10 Å². The van der Waals surface area contributed by atoms with Crippen molar-refractivity contribution in [3.8, 4) is 0 Å². The van der Waals surface area contributed by atoms with Crippen molar-refractivity contribution < 1.29 is 20.1 Å². The molecular formula is C37H75NO4. The summed E-state index contributed by atoms with van der Waals surface area (Å²) < 4.78 is 0. The minimum atomic E-state index is -1.13. The second-order valence-corrected chi connectivity index (χ2v) is 13.1. The highest BCUT2D eigenvalue weighted by molar-refractivity contribution is 5.76. The van der Waals surface area contributed by atoms with Crippen molar-refractivity contribution in [3.05, 3.63) is 0 Å². The van der Waals surface area contributed by atoms with Crippen LogP contribution in [-0.2, 0) is 4.79 Å². The molecule has 0 bridgehead atoms. The van der Waals surface area contributed by atoms with Gasteiger partial charge in [-0.1, -0.05) is 187 Å². The van der Waals surface area contributed by atoms with Crippen molar-refractivity contribution in [2.24, 2.45) is 0 Å². The molecule has 5 heteroatoms. The van der Waals surface area contributed by atoms with E-state index in [0.29, 0.717) is 12.8 Å². The molecule has 0 aliphatic heterocycles. The number of unbranched alkanes of at least 4 members (excludes halogenated alkanes) is 26. The molecule has 0 spiro atoms. The van der Waals surface area contributed by atoms with E-state index in [1.807, 2.05) is 0 Å². The van der Waals surface area contributed by atoms with Gasteiger partial charge in [-0.2, -0.15) is 0 Å². The van der Waals surface area contributed by atoms with Crippen LogP contribution in [0.5, 0.6) is 0 Å². The quantitative estimate of drug-likeness (QED) is 0.0556. The summed E-state index contributed by atoms with van der Waals surface area (Å²) in [6.45, 7) is 4.14. The van der Waals surface area contributed by atoms with Crippen LogP contribution >= 0.6 is 0 Å². The largest absolute Gasteiger partial charge is 0.394 e. The van der Waals surface area contributed by atoms with Crippen molar-refractivity contribution in [2.45, 2.75) is 225 Å². The second-order valence-electron chi connectivity index (χ2n) is 13.1. The van der Waals surface area contributed by atoms with Gasteiger partial charge in [-0.05, 0) is 12.8 Å². The molecule has 4 N–H and O–H groups in total. The molecule has 5 nitrogen and oxygen atoms in total. The minimum Gasteiger partial charge on any atom is -0.394 e. The first kappa shape index (κ1) is 41.4. The van der Waals surface area contributed by atoms with E-state index in [1.165, 1.54) is 141 Å². The van der Waals surface area contributed by atoms with E-state index >= 15 is 0 Å². The molecule has 3 atom stereocenters. The third-order valence-electron chi connectivity index (χ3n) is 8.96. The van der Waals surface area contributed by atoms with E-state index in [2.05, 4.69) is 19.2 Å². The maximum Gasteiger partial charge on any atom is 0.220 e. The van der Waals surface area contributed by atoms with Gasteiger partial charge in [0.05, 0.1) is 18.8 Å². The number of hydrogen-bond donors (Lipinski definition) is 4. The highest BCUT2D eigenvalue weighted by atomic mass is 16.3. The van der Waals surface area contributed by atoms with Crippen LogP contribution in [0.25, 0.3) is 0 Å². The molecule has 0 aromatic heterocycles. The summed E-state index contributed by atoms with van der Waals surface area (Å²) in [5.74, 6) is -0.144. The summed E-state index contributed by atoms with van der Waals surface area (Å²) in [4.78, 5) is 12.3. The summed E-state index contributed by atoms with van der Waals surface area (Å²) in [6, 6.07) is -0.799. The molecule has 0 aliphatic carbocycles. The predicted molar refractivity (Wildman–Crippen MR) is 181 cm³/mol. The molecule has 0 rings (SSSR count). The molecule has 252 valence electrons. The van der Waals surface area contributed by atoms with Crippen molar-refractivity contribution in [1.82, 2.24) is 5.32 Å². The van der Waals surface area contributed by atoms with E-state index in [9.17, 15) is 20.1 Å². The first-order valence-electron chi connectivity index (χ1n) is 18.8. The van der Waals surface area contributed by atoms with Crippen molar-refractivity contribution in [2.75, 3.05) is 6.61 Å². The molecule has 0 radical (unpaired) electrons. The average Bonchev–Trinajstić information content (AvgIpc) is 2.99. The minimum absolute atomic E-state index is 0.144. The Morgan fingerprint density at radius 2 is 0.810 bits per heavy atom. The number of aliphatic hydroxyl groups is 3. The lowest BCUT2D eigenvalue weighted by Gasteiger charge is -2.26. The maximum absolute atomic E-state index is 12.3. The lowest BCUT2D eigenvalue weighted by Crippen LogP contribution is -2.50. The smallest absolute Gasteiger partial charge is 0.220 e. The van der Waals surface area contributed by atoms with Gasteiger partial charge in [0, 0.05) is 6.42 Å². The summed E-state index contributed by atoms with van der Waals surface area (Å²) in [7, 11) is 0. The van der Waals surface area contributed by atoms with Gasteiger partial charge in [0.25, 0.3) is 0 Å². The Bertz CT molecular complexity index is 544. The Morgan fingerprint density at radius 1 is 0.500 bits per heavy atom. The van der Waals surface area contributed by atoms with Crippen LogP contribution in [0.15, 0.2) is 0 Å². The lowest BCUT2D eigenvalue weighted by atomic mass is 9.99. The molecule has 0 aromatic rings. The van der Waals surface area contributed by atoms with E-state index < -0.39 is 18.2 Å². The third kappa shape index (κ3) is 28.1. The molecule has 0 unspecified atom stereocenters. The summed E-state index contributed by atoms with van der Waals surface area (Å²) in [5.41, 5.74) is 0. The van der Waals surface area contributed by atoms with E-state index in [4.69, 9.17) is 0 Å². The van der Waals surface area contributed by atoms with Crippen LogP contribution in [0.3, 0.4) is 0 Å². The van der Waals surface area contributed by atoms with Gasteiger partial charge >= 0.3 is 0 Å². The number of carbonyl (C=O) groups excluding carboxylic acids is 1. The zero-order valence-electron chi connectivity index (χ0n) is 28.4. The molecule has 0 heterocycles. The number of rotatable bonds is 34. The highest BCUT2D eigenvalue weighted by Crippen LogP contribution is 2.16. The standard InChI is InChI=1S/C37H75NO4/c1-3-5-7-9-11-13-14-15-16-17-18-19-20-21-22-23-24-26-28-30-32-36(41)38-34(33-39)37(42)35(40)31-29-27-25-12-10-8-6-4-2/h34-35,37,39-40,42H,3-33H2,1-2H3,(H,38,41)/t34-,35+,37-/m0/s1. The zero-order valence-corrected chi connectivity index (χ0v) is 28.4. The topological polar surface area (TPSA) is 89.8 Å². The number of hydrogen-bond acceptors (Lipinski definition) is 4. The maximum atomic E-state index is 12.3. The Balaban J connectivity index is 3.56. The molecule has 0 saturated heterocycles. The highest BCUT2D eigenvalue weighted by Gasteiger charge is 2.26. The van der Waals surface area contributed by atoms with Crippen LogP contribution < -0.4 is 5.32 Å². The number of carbonyl (C=O) groups is 1. The molecule has 0 saturated carbocycles. The Kier molecular flexibility index (Phi) is 32.7. The summed E-state index contributed by atoms with van der Waals surface area (Å²) in [5, 5.41) is 33.2. The van der Waals surface area contributed by atoms with Gasteiger partial charge in [-0.15, -0.1) is 0 Å². The molecule has 0 aliphatic rings. The molecule has 42 heavy (non-hydrogen) atoms. The number of nitrogens with one attached hydrogen (secondary N) is 1. The van der Waals surface area contributed by atoms with Crippen LogP contribution in [0.1, 0.15) is 206 Å². The second kappa shape index (κ2) is 33.2. The van der Waals surface area contributed by atoms with Crippen LogP contribution in [-0.4, -0.2) is 46.1 Å². The van der Waals surface area contributed by atoms with Crippen LogP contribution in [0, 0.1) is 0 Å². The van der Waals surface area contributed by atoms with Crippen LogP contribution in [0.2, 0.25) is 0 Å². The Labute approximate surface area is 262 Å². The lowest BCUT2D eigenvalue weighted by molar-refractivity contribution is -0.124. The van der Waals surface area contributed by atoms with Gasteiger partial charge in [-0.3, -0.25) is 4.79 Å². The third-order valence-corrected chi connectivity index (χ3v) is 8.96. The van der Waals surface area contributed by atoms with Crippen molar-refractivity contribution in [3.63, 3.8) is 0 Å². The van der Waals surface area contributed by atoms with Gasteiger partial charge in [-0.25, -0.2) is 0 Å². The Morgan fingerprint density at radius 3 is 1.14 bits per heavy atom. The molecule has 0 fully saturated rings. The van der Waals surface area contributed by atoms with Gasteiger partial charge in [0.2, 0.25) is 5.91 Å². The summed E-state index contributed by atoms with van der Waals surface area (Å²) >= 11 is 0. The fourth-order valence-corrected chi connectivity index (χ4v) is 5.99. The molecule has 0 aromatic carbocycles. The van der Waals surface area contributed by atoms with E-state index in [0.717, 1.165) is 38.5 Å². The van der Waals surface area contributed by atoms with Gasteiger partial charge in [0.15, 0.2) is 0 Å². The zero-order chi connectivity index (χ0) is 30.9. The van der Waals surface area contributed by atoms with Crippen molar-refractivity contribution in [1.29, 1.82) is 0 Å². The van der Waals surface area contributed by atoms with E-state index in [-0.39, 0.29) is 12.5 Å². The van der Waals surface area contributed by atoms with E-state index in [1.54, 1.807) is 0 Å². The van der Waals surface area contributed by atoms with Crippen LogP contribution in [0.4, 0.5) is 0 Å². The van der Waals surface area contributed by atoms with Crippen molar-refractivity contribution >= 4 is 5.91 Å². The summed E-state index contributed by atoms with van der Waals surface area (Å²) in [6.07, 6.45) is 35.0. The number of amides is 1. The number of aliphatic hydroxyl groups excluding tert-OH is 3. The normalized spacial score (nSPS) is 13.7. The molecule has 1 amide bonds. The first-order chi connectivity index (χ1) is 20.6. The monoisotopic (exact) mass is 598 g/mol. The van der Waals surface area contributed by atoms with Gasteiger partial charge < -0.3 is 20.6 Å². The average molecular weight is 598 g/mol. The fourth-order valence-electron chi connectivity index (χ4n) is 5.99. The Hall–Kier alpha value is -0.650. The SMILES string of the molecule is CCCCCCCCCCCCCCCCCCCCCCC(=O)N[C@@H](CO)[C@H](O)[C@H](O)CCCCCCCCCC.